The topological polar surface area (TPSA) is 70.6 Å². The van der Waals surface area contributed by atoms with E-state index in [0.29, 0.717) is 20.1 Å². The molecule has 0 unspecified atom stereocenters. The minimum Gasteiger partial charge on any atom is -0.315 e. The molecule has 24 heavy (non-hydrogen) atoms. The fourth-order valence-corrected chi connectivity index (χ4v) is 2.44. The summed E-state index contributed by atoms with van der Waals surface area (Å²) in [6.45, 7) is 0. The molecule has 0 aromatic heterocycles. The molecule has 2 rings (SSSR count). The Balaban J connectivity index is 1.99. The average Bonchev–Trinajstić information content (AvgIpc) is 2.52. The first-order chi connectivity index (χ1) is 11.4. The van der Waals surface area contributed by atoms with Crippen LogP contribution < -0.4 is 10.7 Å². The van der Waals surface area contributed by atoms with Crippen molar-refractivity contribution in [2.45, 2.75) is 0 Å². The number of rotatable bonds is 3. The molecule has 0 saturated heterocycles. The Bertz CT molecular complexity index is 810. The lowest BCUT2D eigenvalue weighted by molar-refractivity contribution is -0.136. The zero-order valence-corrected chi connectivity index (χ0v) is 14.9. The number of carbonyl (C=O) groups excluding carboxylic acids is 2. The van der Waals surface area contributed by atoms with Gasteiger partial charge in [0.2, 0.25) is 0 Å². The number of hydrogen-bond acceptors (Lipinski definition) is 3. The van der Waals surface area contributed by atoms with Gasteiger partial charge in [0.15, 0.2) is 0 Å². The van der Waals surface area contributed by atoms with Crippen LogP contribution in [-0.2, 0) is 9.59 Å². The number of hydrogen-bond donors (Lipinski definition) is 2. The number of anilines is 1. The number of nitrogens with zero attached hydrogens (tertiary/aromatic N) is 1. The third-order valence-corrected chi connectivity index (χ3v) is 3.90. The summed E-state index contributed by atoms with van der Waals surface area (Å²) in [4.78, 5) is 23.3. The van der Waals surface area contributed by atoms with Gasteiger partial charge in [-0.15, -0.1) is 0 Å². The Morgan fingerprint density at radius 2 is 1.79 bits per heavy atom. The third kappa shape index (κ3) is 4.77. The van der Waals surface area contributed by atoms with Crippen LogP contribution in [0.25, 0.3) is 0 Å². The highest BCUT2D eigenvalue weighted by Gasteiger charge is 2.15. The number of halogens is 4. The highest BCUT2D eigenvalue weighted by atomic mass is 79.9. The maximum Gasteiger partial charge on any atom is 0.329 e. The van der Waals surface area contributed by atoms with Crippen LogP contribution >= 0.6 is 39.1 Å². The molecule has 0 heterocycles. The molecule has 0 atom stereocenters. The van der Waals surface area contributed by atoms with Crippen LogP contribution in [0.5, 0.6) is 0 Å². The Labute approximate surface area is 155 Å². The van der Waals surface area contributed by atoms with Crippen LogP contribution in [0.4, 0.5) is 10.1 Å². The van der Waals surface area contributed by atoms with Crippen molar-refractivity contribution in [3.63, 3.8) is 0 Å². The summed E-state index contributed by atoms with van der Waals surface area (Å²) in [6, 6.07) is 8.84. The quantitative estimate of drug-likeness (QED) is 0.437. The molecule has 0 aliphatic heterocycles. The Morgan fingerprint density at radius 3 is 2.42 bits per heavy atom. The molecule has 2 N–H and O–H groups in total. The minimum absolute atomic E-state index is 0.128. The molecule has 0 bridgehead atoms. The van der Waals surface area contributed by atoms with E-state index in [1.807, 2.05) is 5.43 Å². The van der Waals surface area contributed by atoms with Crippen molar-refractivity contribution >= 4 is 62.8 Å². The smallest absolute Gasteiger partial charge is 0.315 e. The molecule has 2 aromatic rings. The fourth-order valence-electron chi connectivity index (χ4n) is 1.61. The van der Waals surface area contributed by atoms with Gasteiger partial charge < -0.3 is 5.32 Å². The molecule has 0 aliphatic carbocycles. The second kappa shape index (κ2) is 8.23. The fraction of sp³-hybridized carbons (Fsp3) is 0. The molecule has 124 valence electrons. The molecule has 0 radical (unpaired) electrons. The van der Waals surface area contributed by atoms with Crippen molar-refractivity contribution in [1.82, 2.24) is 5.43 Å². The van der Waals surface area contributed by atoms with E-state index >= 15 is 0 Å². The lowest BCUT2D eigenvalue weighted by atomic mass is 10.2. The van der Waals surface area contributed by atoms with Crippen molar-refractivity contribution in [3.05, 3.63) is 62.3 Å². The van der Waals surface area contributed by atoms with Crippen LogP contribution in [0.1, 0.15) is 5.56 Å². The van der Waals surface area contributed by atoms with Crippen molar-refractivity contribution < 1.29 is 14.0 Å². The SMILES string of the molecule is O=C(N/N=C/c1c(Cl)cccc1Cl)C(=O)Nc1ccc(Br)cc1F. The van der Waals surface area contributed by atoms with E-state index in [2.05, 4.69) is 26.3 Å². The molecule has 0 spiro atoms. The molecular formula is C15H9BrCl2FN3O2. The summed E-state index contributed by atoms with van der Waals surface area (Å²) in [6.07, 6.45) is 1.20. The molecule has 2 aromatic carbocycles. The monoisotopic (exact) mass is 431 g/mol. The van der Waals surface area contributed by atoms with Crippen LogP contribution in [0.15, 0.2) is 46.0 Å². The molecular weight excluding hydrogens is 424 g/mol. The predicted octanol–water partition coefficient (Wildman–Crippen LogP) is 3.98. The molecule has 5 nitrogen and oxygen atoms in total. The molecule has 0 aliphatic rings. The summed E-state index contributed by atoms with van der Waals surface area (Å²) in [7, 11) is 0. The van der Waals surface area contributed by atoms with Gasteiger partial charge in [-0.2, -0.15) is 5.10 Å². The second-order valence-corrected chi connectivity index (χ2v) is 6.14. The van der Waals surface area contributed by atoms with Crippen molar-refractivity contribution in [3.8, 4) is 0 Å². The number of amides is 2. The van der Waals surface area contributed by atoms with Gasteiger partial charge in [-0.25, -0.2) is 9.82 Å². The zero-order valence-electron chi connectivity index (χ0n) is 11.8. The number of hydrazone groups is 1. The zero-order chi connectivity index (χ0) is 17.7. The van der Waals surface area contributed by atoms with Crippen molar-refractivity contribution in [2.24, 2.45) is 5.10 Å². The molecule has 0 saturated carbocycles. The van der Waals surface area contributed by atoms with Crippen LogP contribution in [0.3, 0.4) is 0 Å². The van der Waals surface area contributed by atoms with E-state index in [0.717, 1.165) is 6.07 Å². The van der Waals surface area contributed by atoms with E-state index in [-0.39, 0.29) is 5.69 Å². The first kappa shape index (κ1) is 18.4. The van der Waals surface area contributed by atoms with Crippen molar-refractivity contribution in [1.29, 1.82) is 0 Å². The summed E-state index contributed by atoms with van der Waals surface area (Å²) >= 11 is 15.0. The Hall–Kier alpha value is -1.96. The maximum atomic E-state index is 13.6. The van der Waals surface area contributed by atoms with E-state index < -0.39 is 17.6 Å². The van der Waals surface area contributed by atoms with E-state index in [1.165, 1.54) is 18.3 Å². The highest BCUT2D eigenvalue weighted by molar-refractivity contribution is 9.10. The van der Waals surface area contributed by atoms with Gasteiger partial charge in [0, 0.05) is 10.0 Å². The average molecular weight is 433 g/mol. The predicted molar refractivity (Wildman–Crippen MR) is 94.9 cm³/mol. The lowest BCUT2D eigenvalue weighted by Crippen LogP contribution is -2.32. The van der Waals surface area contributed by atoms with Gasteiger partial charge in [0.05, 0.1) is 21.9 Å². The first-order valence-electron chi connectivity index (χ1n) is 6.42. The van der Waals surface area contributed by atoms with Gasteiger partial charge in [0.25, 0.3) is 0 Å². The highest BCUT2D eigenvalue weighted by Crippen LogP contribution is 2.22. The van der Waals surface area contributed by atoms with E-state index in [9.17, 15) is 14.0 Å². The van der Waals surface area contributed by atoms with Crippen LogP contribution in [-0.4, -0.2) is 18.0 Å². The van der Waals surface area contributed by atoms with Crippen molar-refractivity contribution in [2.75, 3.05) is 5.32 Å². The summed E-state index contributed by atoms with van der Waals surface area (Å²) in [5, 5.41) is 6.41. The van der Waals surface area contributed by atoms with E-state index in [4.69, 9.17) is 23.2 Å². The maximum absolute atomic E-state index is 13.6. The molecule has 9 heteroatoms. The van der Waals surface area contributed by atoms with Gasteiger partial charge in [-0.1, -0.05) is 45.2 Å². The summed E-state index contributed by atoms with van der Waals surface area (Å²) in [5.74, 6) is -2.83. The van der Waals surface area contributed by atoms with Gasteiger partial charge in [-0.3, -0.25) is 9.59 Å². The lowest BCUT2D eigenvalue weighted by Gasteiger charge is -2.05. The van der Waals surface area contributed by atoms with E-state index in [1.54, 1.807) is 18.2 Å². The third-order valence-electron chi connectivity index (χ3n) is 2.75. The standard InChI is InChI=1S/C15H9BrCl2FN3O2/c16-8-4-5-13(12(19)6-8)21-14(23)15(24)22-20-7-9-10(17)2-1-3-11(9)18/h1-7H,(H,21,23)(H,22,24)/b20-7+. The Kier molecular flexibility index (Phi) is 6.30. The van der Waals surface area contributed by atoms with Gasteiger partial charge in [-0.05, 0) is 30.3 Å². The first-order valence-corrected chi connectivity index (χ1v) is 7.97. The molecule has 2 amide bonds. The van der Waals surface area contributed by atoms with Crippen LogP contribution in [0, 0.1) is 5.82 Å². The minimum atomic E-state index is -1.07. The normalized spacial score (nSPS) is 10.7. The number of nitrogens with one attached hydrogen (secondary N) is 2. The molecule has 0 fully saturated rings. The van der Waals surface area contributed by atoms with Gasteiger partial charge in [0.1, 0.15) is 5.82 Å². The number of carbonyl (C=O) groups is 2. The van der Waals surface area contributed by atoms with Crippen LogP contribution in [0.2, 0.25) is 10.0 Å². The van der Waals surface area contributed by atoms with Gasteiger partial charge >= 0.3 is 11.8 Å². The second-order valence-electron chi connectivity index (χ2n) is 4.41. The Morgan fingerprint density at radius 1 is 1.12 bits per heavy atom. The largest absolute Gasteiger partial charge is 0.329 e. The number of benzene rings is 2. The summed E-state index contributed by atoms with van der Waals surface area (Å²) < 4.78 is 14.1. The summed E-state index contributed by atoms with van der Waals surface area (Å²) in [5.41, 5.74) is 2.27.